The van der Waals surface area contributed by atoms with Crippen molar-refractivity contribution in [2.24, 2.45) is 0 Å². The highest BCUT2D eigenvalue weighted by Gasteiger charge is 2.05. The lowest BCUT2D eigenvalue weighted by atomic mass is 9.94. The highest BCUT2D eigenvalue weighted by Crippen LogP contribution is 2.25. The van der Waals surface area contributed by atoms with E-state index in [1.807, 2.05) is 12.1 Å². The lowest BCUT2D eigenvalue weighted by Gasteiger charge is -2.12. The average molecular weight is 347 g/mol. The van der Waals surface area contributed by atoms with Crippen molar-refractivity contribution in [1.82, 2.24) is 0 Å². The highest BCUT2D eigenvalue weighted by molar-refractivity contribution is 5.29. The molecule has 1 aromatic carbocycles. The van der Waals surface area contributed by atoms with E-state index in [9.17, 15) is 5.11 Å². The van der Waals surface area contributed by atoms with Gasteiger partial charge in [0.25, 0.3) is 0 Å². The Morgan fingerprint density at radius 2 is 1.20 bits per heavy atom. The van der Waals surface area contributed by atoms with E-state index < -0.39 is 0 Å². The van der Waals surface area contributed by atoms with E-state index in [2.05, 4.69) is 19.9 Å². The molecule has 0 radical (unpaired) electrons. The lowest BCUT2D eigenvalue weighted by molar-refractivity contribution is 0.473. The third-order valence-corrected chi connectivity index (χ3v) is 5.43. The molecule has 0 fully saturated rings. The van der Waals surface area contributed by atoms with Gasteiger partial charge >= 0.3 is 0 Å². The predicted octanol–water partition coefficient (Wildman–Crippen LogP) is 8.37. The Balaban J connectivity index is 1.84. The summed E-state index contributed by atoms with van der Waals surface area (Å²) in [5.74, 6) is 0.953. The Hall–Kier alpha value is -0.980. The van der Waals surface area contributed by atoms with Gasteiger partial charge in [-0.15, -0.1) is 0 Å². The zero-order chi connectivity index (χ0) is 18.2. The molecule has 0 saturated heterocycles. The van der Waals surface area contributed by atoms with Crippen LogP contribution in [0.5, 0.6) is 5.75 Å². The van der Waals surface area contributed by atoms with E-state index in [0.717, 1.165) is 0 Å². The third-order valence-electron chi connectivity index (χ3n) is 5.43. The van der Waals surface area contributed by atoms with E-state index in [1.165, 1.54) is 102 Å². The van der Waals surface area contributed by atoms with Crippen molar-refractivity contribution in [2.75, 3.05) is 0 Å². The van der Waals surface area contributed by atoms with Gasteiger partial charge in [-0.1, -0.05) is 116 Å². The molecule has 0 spiro atoms. The zero-order valence-corrected chi connectivity index (χ0v) is 16.9. The van der Waals surface area contributed by atoms with Crippen LogP contribution in [0.25, 0.3) is 0 Å². The lowest BCUT2D eigenvalue weighted by Crippen LogP contribution is -1.93. The van der Waals surface area contributed by atoms with E-state index in [0.29, 0.717) is 11.7 Å². The minimum Gasteiger partial charge on any atom is -0.508 e. The molecule has 0 aliphatic rings. The van der Waals surface area contributed by atoms with E-state index in [1.54, 1.807) is 6.07 Å². The summed E-state index contributed by atoms with van der Waals surface area (Å²) in [4.78, 5) is 0. The quantitative estimate of drug-likeness (QED) is 0.298. The molecule has 1 heteroatoms. The standard InChI is InChI=1S/C24H42O/c1-3-4-5-6-7-8-9-10-11-12-13-14-15-16-18-22(2)23-19-17-20-24(25)21-23/h17,19-22,25H,3-16,18H2,1-2H3. The number of phenolic OH excluding ortho intramolecular Hbond substituents is 1. The molecule has 0 heterocycles. The summed E-state index contributed by atoms with van der Waals surface area (Å²) < 4.78 is 0. The van der Waals surface area contributed by atoms with Crippen molar-refractivity contribution in [2.45, 2.75) is 116 Å². The summed E-state index contributed by atoms with van der Waals surface area (Å²) >= 11 is 0. The number of hydrogen-bond acceptors (Lipinski definition) is 1. The van der Waals surface area contributed by atoms with Crippen LogP contribution in [0.15, 0.2) is 24.3 Å². The normalized spacial score (nSPS) is 12.4. The summed E-state index contributed by atoms with van der Waals surface area (Å²) in [6.07, 6.45) is 21.1. The third kappa shape index (κ3) is 12.1. The molecule has 0 aliphatic heterocycles. The largest absolute Gasteiger partial charge is 0.508 e. The number of hydrogen-bond donors (Lipinski definition) is 1. The fraction of sp³-hybridized carbons (Fsp3) is 0.750. The van der Waals surface area contributed by atoms with Gasteiger partial charge in [0.1, 0.15) is 5.75 Å². The van der Waals surface area contributed by atoms with Gasteiger partial charge in [0.2, 0.25) is 0 Å². The van der Waals surface area contributed by atoms with Crippen LogP contribution in [-0.2, 0) is 0 Å². The molecule has 0 bridgehead atoms. The van der Waals surface area contributed by atoms with E-state index in [-0.39, 0.29) is 0 Å². The second kappa shape index (κ2) is 15.3. The molecule has 0 aromatic heterocycles. The number of benzene rings is 1. The molecule has 1 atom stereocenters. The average Bonchev–Trinajstić information content (AvgIpc) is 2.62. The summed E-state index contributed by atoms with van der Waals surface area (Å²) in [5.41, 5.74) is 1.27. The van der Waals surface area contributed by atoms with Gasteiger partial charge in [0.05, 0.1) is 0 Å². The number of rotatable bonds is 16. The molecule has 1 nitrogen and oxygen atoms in total. The Morgan fingerprint density at radius 3 is 1.68 bits per heavy atom. The zero-order valence-electron chi connectivity index (χ0n) is 16.9. The molecule has 144 valence electrons. The Morgan fingerprint density at radius 1 is 0.720 bits per heavy atom. The smallest absolute Gasteiger partial charge is 0.115 e. The van der Waals surface area contributed by atoms with Crippen LogP contribution in [-0.4, -0.2) is 5.11 Å². The van der Waals surface area contributed by atoms with Gasteiger partial charge in [0, 0.05) is 0 Å². The van der Waals surface area contributed by atoms with Crippen molar-refractivity contribution in [3.63, 3.8) is 0 Å². The van der Waals surface area contributed by atoms with Gasteiger partial charge in [-0.2, -0.15) is 0 Å². The van der Waals surface area contributed by atoms with Crippen molar-refractivity contribution in [3.8, 4) is 5.75 Å². The number of unbranched alkanes of at least 4 members (excludes halogenated alkanes) is 13. The monoisotopic (exact) mass is 346 g/mol. The molecule has 1 aromatic rings. The predicted molar refractivity (Wildman–Crippen MR) is 111 cm³/mol. The fourth-order valence-corrected chi connectivity index (χ4v) is 3.64. The molecule has 1 unspecified atom stereocenters. The van der Waals surface area contributed by atoms with Gasteiger partial charge < -0.3 is 5.11 Å². The summed E-state index contributed by atoms with van der Waals surface area (Å²) in [7, 11) is 0. The van der Waals surface area contributed by atoms with Gasteiger partial charge in [-0.3, -0.25) is 0 Å². The maximum atomic E-state index is 9.56. The molecule has 0 aliphatic carbocycles. The minimum absolute atomic E-state index is 0.394. The molecular weight excluding hydrogens is 304 g/mol. The van der Waals surface area contributed by atoms with Crippen LogP contribution in [0.4, 0.5) is 0 Å². The van der Waals surface area contributed by atoms with Crippen LogP contribution in [0.3, 0.4) is 0 Å². The van der Waals surface area contributed by atoms with Crippen LogP contribution in [0.2, 0.25) is 0 Å². The first-order valence-electron chi connectivity index (χ1n) is 11.0. The second-order valence-corrected chi connectivity index (χ2v) is 7.88. The van der Waals surface area contributed by atoms with Crippen LogP contribution in [0, 0.1) is 0 Å². The topological polar surface area (TPSA) is 20.2 Å². The number of phenols is 1. The van der Waals surface area contributed by atoms with E-state index in [4.69, 9.17) is 0 Å². The second-order valence-electron chi connectivity index (χ2n) is 7.88. The Kier molecular flexibility index (Phi) is 13.5. The first-order chi connectivity index (χ1) is 12.2. The Bertz CT molecular complexity index is 412. The SMILES string of the molecule is CCCCCCCCCCCCCCCCC(C)c1cccc(O)c1. The van der Waals surface area contributed by atoms with Gasteiger partial charge in [-0.05, 0) is 30.0 Å². The molecule has 0 amide bonds. The first-order valence-corrected chi connectivity index (χ1v) is 11.0. The molecule has 1 rings (SSSR count). The molecule has 1 N–H and O–H groups in total. The van der Waals surface area contributed by atoms with Gasteiger partial charge in [0.15, 0.2) is 0 Å². The van der Waals surface area contributed by atoms with Crippen LogP contribution < -0.4 is 0 Å². The maximum absolute atomic E-state index is 9.56. The van der Waals surface area contributed by atoms with Crippen LogP contribution in [0.1, 0.15) is 122 Å². The van der Waals surface area contributed by atoms with Crippen molar-refractivity contribution < 1.29 is 5.11 Å². The van der Waals surface area contributed by atoms with Crippen molar-refractivity contribution in [3.05, 3.63) is 29.8 Å². The van der Waals surface area contributed by atoms with Crippen molar-refractivity contribution in [1.29, 1.82) is 0 Å². The molecular formula is C24H42O. The summed E-state index contributed by atoms with van der Waals surface area (Å²) in [5, 5.41) is 9.56. The highest BCUT2D eigenvalue weighted by atomic mass is 16.3. The van der Waals surface area contributed by atoms with Crippen molar-refractivity contribution >= 4 is 0 Å². The van der Waals surface area contributed by atoms with E-state index >= 15 is 0 Å². The molecule has 25 heavy (non-hydrogen) atoms. The number of aromatic hydroxyl groups is 1. The summed E-state index contributed by atoms with van der Waals surface area (Å²) in [6.45, 7) is 4.56. The minimum atomic E-state index is 0.394. The first kappa shape index (κ1) is 22.1. The Labute approximate surface area is 157 Å². The maximum Gasteiger partial charge on any atom is 0.115 e. The van der Waals surface area contributed by atoms with Gasteiger partial charge in [-0.25, -0.2) is 0 Å². The fourth-order valence-electron chi connectivity index (χ4n) is 3.64. The molecule has 0 saturated carbocycles. The summed E-state index contributed by atoms with van der Waals surface area (Å²) in [6, 6.07) is 7.75. The van der Waals surface area contributed by atoms with Crippen LogP contribution >= 0.6 is 0 Å².